The molecule has 0 amide bonds. The molecule has 0 aromatic carbocycles. The Morgan fingerprint density at radius 2 is 1.87 bits per heavy atom. The van der Waals surface area contributed by atoms with Crippen LogP contribution in [0.25, 0.3) is 0 Å². The first-order chi connectivity index (χ1) is 17.8. The Kier molecular flexibility index (Phi) is 6.17. The molecule has 38 heavy (non-hydrogen) atoms. The van der Waals surface area contributed by atoms with Gasteiger partial charge in [-0.1, -0.05) is 39.3 Å². The lowest BCUT2D eigenvalue weighted by atomic mass is 9.40. The summed E-state index contributed by atoms with van der Waals surface area (Å²) >= 11 is 0. The Hall–Kier alpha value is -2.94. The number of aliphatic hydroxyl groups is 1. The van der Waals surface area contributed by atoms with Gasteiger partial charge in [0.2, 0.25) is 6.10 Å². The molecule has 0 spiro atoms. The van der Waals surface area contributed by atoms with Crippen LogP contribution in [-0.2, 0) is 33.4 Å². The maximum atomic E-state index is 14.1. The van der Waals surface area contributed by atoms with E-state index in [0.717, 1.165) is 11.1 Å². The zero-order valence-electron chi connectivity index (χ0n) is 22.7. The van der Waals surface area contributed by atoms with Crippen LogP contribution in [0.1, 0.15) is 65.5 Å². The van der Waals surface area contributed by atoms with E-state index < -0.39 is 58.3 Å². The van der Waals surface area contributed by atoms with Gasteiger partial charge >= 0.3 is 17.9 Å². The average Bonchev–Trinajstić information content (AvgIpc) is 3.38. The van der Waals surface area contributed by atoms with Crippen molar-refractivity contribution in [2.75, 3.05) is 7.11 Å². The average molecular weight is 529 g/mol. The third-order valence-corrected chi connectivity index (χ3v) is 10.1. The van der Waals surface area contributed by atoms with Crippen molar-refractivity contribution in [1.29, 1.82) is 0 Å². The number of hydrogen-bond acceptors (Lipinski definition) is 9. The van der Waals surface area contributed by atoms with Crippen LogP contribution in [0.4, 0.5) is 0 Å². The zero-order chi connectivity index (χ0) is 27.8. The topological polar surface area (TPSA) is 129 Å². The second-order valence-electron chi connectivity index (χ2n) is 12.4. The van der Waals surface area contributed by atoms with Crippen molar-refractivity contribution in [1.82, 2.24) is 0 Å². The summed E-state index contributed by atoms with van der Waals surface area (Å²) in [5.74, 6) is -4.20. The third-order valence-electron chi connectivity index (χ3n) is 10.1. The van der Waals surface area contributed by atoms with Gasteiger partial charge in [0.15, 0.2) is 0 Å². The normalized spacial score (nSPS) is 40.1. The molecule has 9 atom stereocenters. The minimum Gasteiger partial charge on any atom is -0.472 e. The van der Waals surface area contributed by atoms with E-state index >= 15 is 0 Å². The number of furan rings is 1. The molecule has 1 N–H and O–H groups in total. The SMILES string of the molecule is COC(=O)[C@H](OC(C)=O)[C@H]1C(C)(C)[C@H](O)[C@@H]2C=C3[C@@H]4CC(=O)O[C@@H](c5ccoc5)[C@]4(C)CC[C@@H]3[C@@]1(C)C2=O. The van der Waals surface area contributed by atoms with Gasteiger partial charge in [-0.2, -0.15) is 0 Å². The molecule has 1 aromatic heterocycles. The highest BCUT2D eigenvalue weighted by Crippen LogP contribution is 2.68. The summed E-state index contributed by atoms with van der Waals surface area (Å²) in [4.78, 5) is 52.2. The number of ether oxygens (including phenoxy) is 3. The van der Waals surface area contributed by atoms with Crippen molar-refractivity contribution in [2.45, 2.75) is 72.2 Å². The fourth-order valence-corrected chi connectivity index (χ4v) is 8.41. The minimum absolute atomic E-state index is 0.151. The first-order valence-electron chi connectivity index (χ1n) is 13.2. The molecule has 3 aliphatic carbocycles. The van der Waals surface area contributed by atoms with E-state index in [1.165, 1.54) is 14.0 Å². The number of aliphatic hydroxyl groups excluding tert-OH is 1. The molecule has 1 aromatic rings. The van der Waals surface area contributed by atoms with Gasteiger partial charge in [-0.3, -0.25) is 14.4 Å². The molecule has 5 rings (SSSR count). The van der Waals surface area contributed by atoms with Crippen LogP contribution in [0.3, 0.4) is 0 Å². The smallest absolute Gasteiger partial charge is 0.347 e. The standard InChI is InChI=1S/C29H36O9/c1-14(30)37-21(26(34)35-6)22-27(2,3)23(32)17-11-16-18(29(22,5)24(17)33)7-9-28(4)19(16)12-20(31)38-25(28)15-8-10-36-13-15/h8,10-11,13,17-19,21-23,25,32H,7,9,12H2,1-6H3/t17-,18-,19-,21+,22-,23+,25-,28+,29+/m0/s1. The molecule has 206 valence electrons. The number of esters is 3. The lowest BCUT2D eigenvalue weighted by molar-refractivity contribution is -0.209. The fraction of sp³-hybridized carbons (Fsp3) is 0.655. The van der Waals surface area contributed by atoms with Gasteiger partial charge in [0.1, 0.15) is 11.9 Å². The first kappa shape index (κ1) is 26.7. The van der Waals surface area contributed by atoms with Crippen molar-refractivity contribution in [3.8, 4) is 0 Å². The van der Waals surface area contributed by atoms with Crippen molar-refractivity contribution in [3.63, 3.8) is 0 Å². The highest BCUT2D eigenvalue weighted by atomic mass is 16.6. The van der Waals surface area contributed by atoms with E-state index in [2.05, 4.69) is 6.92 Å². The Labute approximate surface area is 221 Å². The predicted molar refractivity (Wildman–Crippen MR) is 132 cm³/mol. The van der Waals surface area contributed by atoms with Crippen molar-refractivity contribution >= 4 is 23.7 Å². The van der Waals surface area contributed by atoms with Crippen LogP contribution in [-0.4, -0.2) is 48.1 Å². The Balaban J connectivity index is 1.66. The Morgan fingerprint density at radius 3 is 2.47 bits per heavy atom. The Morgan fingerprint density at radius 1 is 1.16 bits per heavy atom. The van der Waals surface area contributed by atoms with Crippen molar-refractivity contribution in [2.24, 2.45) is 39.9 Å². The molecule has 0 unspecified atom stereocenters. The molecule has 9 nitrogen and oxygen atoms in total. The Bertz CT molecular complexity index is 1200. The van der Waals surface area contributed by atoms with Crippen molar-refractivity contribution in [3.05, 3.63) is 35.8 Å². The molecular formula is C29H36O9. The maximum Gasteiger partial charge on any atom is 0.347 e. The molecule has 0 radical (unpaired) electrons. The monoisotopic (exact) mass is 528 g/mol. The third kappa shape index (κ3) is 3.53. The molecule has 3 fully saturated rings. The number of carbonyl (C=O) groups excluding carboxylic acids is 4. The highest BCUT2D eigenvalue weighted by Gasteiger charge is 2.70. The number of rotatable bonds is 4. The van der Waals surface area contributed by atoms with Crippen molar-refractivity contribution < 1.29 is 42.9 Å². The molecule has 2 bridgehead atoms. The van der Waals surface area contributed by atoms with Crippen LogP contribution >= 0.6 is 0 Å². The summed E-state index contributed by atoms with van der Waals surface area (Å²) in [7, 11) is 1.21. The predicted octanol–water partition coefficient (Wildman–Crippen LogP) is 3.55. The van der Waals surface area contributed by atoms with Crippen LogP contribution in [0.2, 0.25) is 0 Å². The lowest BCUT2D eigenvalue weighted by Crippen LogP contribution is -2.69. The van der Waals surface area contributed by atoms with Gasteiger partial charge < -0.3 is 23.7 Å². The van der Waals surface area contributed by atoms with E-state index in [9.17, 15) is 24.3 Å². The lowest BCUT2D eigenvalue weighted by Gasteiger charge is -2.64. The first-order valence-corrected chi connectivity index (χ1v) is 13.2. The number of fused-ring (bicyclic) bond motifs is 6. The molecular weight excluding hydrogens is 492 g/mol. The number of methoxy groups -OCH3 is 1. The number of carbonyl (C=O) groups is 4. The number of Topliss-reactive ketones (excluding diaryl/α,β-unsaturated/α-hetero) is 1. The van der Waals surface area contributed by atoms with E-state index in [-0.39, 0.29) is 30.0 Å². The second kappa shape index (κ2) is 8.79. The molecule has 1 saturated heterocycles. The summed E-state index contributed by atoms with van der Waals surface area (Å²) in [6.45, 7) is 8.74. The summed E-state index contributed by atoms with van der Waals surface area (Å²) in [5.41, 5.74) is -0.877. The van der Waals surface area contributed by atoms with Crippen LogP contribution in [0.15, 0.2) is 34.7 Å². The molecule has 2 saturated carbocycles. The molecule has 1 aliphatic heterocycles. The minimum atomic E-state index is -1.38. The van der Waals surface area contributed by atoms with Gasteiger partial charge in [0.05, 0.1) is 38.1 Å². The molecule has 2 heterocycles. The molecule has 9 heteroatoms. The van der Waals surface area contributed by atoms with Crippen LogP contribution < -0.4 is 0 Å². The zero-order valence-corrected chi connectivity index (χ0v) is 22.7. The van der Waals surface area contributed by atoms with Crippen LogP contribution in [0.5, 0.6) is 0 Å². The second-order valence-corrected chi connectivity index (χ2v) is 12.4. The van der Waals surface area contributed by atoms with Crippen LogP contribution in [0, 0.1) is 39.9 Å². The van der Waals surface area contributed by atoms with Gasteiger partial charge in [0, 0.05) is 29.2 Å². The summed E-state index contributed by atoms with van der Waals surface area (Å²) in [6, 6.07) is 1.80. The highest BCUT2D eigenvalue weighted by molar-refractivity contribution is 5.94. The van der Waals surface area contributed by atoms with E-state index in [0.29, 0.717) is 12.8 Å². The number of hydrogen-bond donors (Lipinski definition) is 1. The number of ketones is 1. The summed E-state index contributed by atoms with van der Waals surface area (Å²) in [5, 5.41) is 11.6. The van der Waals surface area contributed by atoms with Gasteiger partial charge in [0.25, 0.3) is 0 Å². The van der Waals surface area contributed by atoms with Gasteiger partial charge in [-0.25, -0.2) is 4.79 Å². The summed E-state index contributed by atoms with van der Waals surface area (Å²) in [6.07, 6.45) is 3.39. The maximum absolute atomic E-state index is 14.1. The largest absolute Gasteiger partial charge is 0.472 e. The van der Waals surface area contributed by atoms with Gasteiger partial charge in [-0.05, 0) is 36.2 Å². The quantitative estimate of drug-likeness (QED) is 0.354. The van der Waals surface area contributed by atoms with E-state index in [1.807, 2.05) is 13.0 Å². The van der Waals surface area contributed by atoms with Gasteiger partial charge in [-0.15, -0.1) is 0 Å². The molecule has 4 aliphatic rings. The number of allylic oxidation sites excluding steroid dienone is 1. The summed E-state index contributed by atoms with van der Waals surface area (Å²) < 4.78 is 21.7. The van der Waals surface area contributed by atoms with E-state index in [1.54, 1.807) is 32.4 Å². The van der Waals surface area contributed by atoms with E-state index in [4.69, 9.17) is 18.6 Å². The number of cyclic esters (lactones) is 1. The fourth-order valence-electron chi connectivity index (χ4n) is 8.41.